The standard InChI is InChI=1S/C11H14N2O4S/c1-4-11(15)17-13(16-8(2)3)10(14)5-9-6-12-7-18-9/h4,6-8H,1,5H2,2-3H3. The van der Waals surface area contributed by atoms with E-state index in [-0.39, 0.29) is 12.5 Å². The number of hydroxylamine groups is 2. The molecule has 0 aromatic carbocycles. The third kappa shape index (κ3) is 4.64. The van der Waals surface area contributed by atoms with Gasteiger partial charge in [-0.15, -0.1) is 11.3 Å². The Kier molecular flexibility index (Phi) is 5.47. The van der Waals surface area contributed by atoms with Gasteiger partial charge in [-0.2, -0.15) is 0 Å². The number of rotatable bonds is 5. The van der Waals surface area contributed by atoms with Crippen molar-refractivity contribution in [3.8, 4) is 0 Å². The summed E-state index contributed by atoms with van der Waals surface area (Å²) in [5, 5.41) is 0.592. The van der Waals surface area contributed by atoms with E-state index in [0.717, 1.165) is 11.0 Å². The van der Waals surface area contributed by atoms with Crippen molar-refractivity contribution in [2.75, 3.05) is 0 Å². The van der Waals surface area contributed by atoms with Gasteiger partial charge in [0.15, 0.2) is 0 Å². The average Bonchev–Trinajstić information content (AvgIpc) is 2.80. The lowest BCUT2D eigenvalue weighted by molar-refractivity contribution is -0.333. The van der Waals surface area contributed by atoms with Crippen molar-refractivity contribution in [1.29, 1.82) is 0 Å². The van der Waals surface area contributed by atoms with E-state index in [2.05, 4.69) is 11.6 Å². The van der Waals surface area contributed by atoms with Gasteiger partial charge in [0.05, 0.1) is 18.0 Å². The molecule has 0 saturated carbocycles. The van der Waals surface area contributed by atoms with Gasteiger partial charge in [0.2, 0.25) is 0 Å². The van der Waals surface area contributed by atoms with E-state index in [1.807, 2.05) is 0 Å². The zero-order chi connectivity index (χ0) is 13.5. The van der Waals surface area contributed by atoms with Gasteiger partial charge >= 0.3 is 5.97 Å². The Morgan fingerprint density at radius 3 is 2.83 bits per heavy atom. The molecule has 98 valence electrons. The van der Waals surface area contributed by atoms with Crippen LogP contribution in [0.4, 0.5) is 0 Å². The predicted molar refractivity (Wildman–Crippen MR) is 65.2 cm³/mol. The number of carbonyl (C=O) groups excluding carboxylic acids is 2. The van der Waals surface area contributed by atoms with Gasteiger partial charge in [0.25, 0.3) is 5.91 Å². The van der Waals surface area contributed by atoms with Crippen LogP contribution >= 0.6 is 11.3 Å². The molecule has 18 heavy (non-hydrogen) atoms. The zero-order valence-electron chi connectivity index (χ0n) is 10.2. The predicted octanol–water partition coefficient (Wildman–Crippen LogP) is 1.50. The fourth-order valence-corrected chi connectivity index (χ4v) is 1.57. The Hall–Kier alpha value is -1.73. The highest BCUT2D eigenvalue weighted by molar-refractivity contribution is 7.09. The van der Waals surface area contributed by atoms with Gasteiger partial charge in [0.1, 0.15) is 0 Å². The summed E-state index contributed by atoms with van der Waals surface area (Å²) in [6.07, 6.45) is 2.29. The molecule has 0 N–H and O–H groups in total. The lowest BCUT2D eigenvalue weighted by Crippen LogP contribution is -2.36. The summed E-state index contributed by atoms with van der Waals surface area (Å²) < 4.78 is 0. The van der Waals surface area contributed by atoms with Gasteiger partial charge < -0.3 is 4.84 Å². The van der Waals surface area contributed by atoms with Crippen LogP contribution in [0.2, 0.25) is 0 Å². The molecule has 0 bridgehead atoms. The van der Waals surface area contributed by atoms with Crippen LogP contribution in [0.25, 0.3) is 0 Å². The fourth-order valence-electron chi connectivity index (χ4n) is 0.985. The third-order valence-electron chi connectivity index (χ3n) is 1.66. The second-order valence-corrected chi connectivity index (χ2v) is 4.53. The van der Waals surface area contributed by atoms with Crippen LogP contribution in [-0.4, -0.2) is 28.2 Å². The highest BCUT2D eigenvalue weighted by Gasteiger charge is 2.21. The first-order chi connectivity index (χ1) is 8.52. The highest BCUT2D eigenvalue weighted by atomic mass is 32.1. The number of thiazole rings is 1. The Bertz CT molecular complexity index is 417. The molecule has 1 rings (SSSR count). The van der Waals surface area contributed by atoms with E-state index in [0.29, 0.717) is 5.23 Å². The maximum absolute atomic E-state index is 11.9. The molecule has 0 aliphatic heterocycles. The monoisotopic (exact) mass is 270 g/mol. The number of carbonyl (C=O) groups is 2. The van der Waals surface area contributed by atoms with Crippen LogP contribution in [-0.2, 0) is 25.7 Å². The molecule has 6 nitrogen and oxygen atoms in total. The lowest BCUT2D eigenvalue weighted by Gasteiger charge is -2.20. The Labute approximate surface area is 109 Å². The van der Waals surface area contributed by atoms with Crippen molar-refractivity contribution < 1.29 is 19.3 Å². The van der Waals surface area contributed by atoms with Crippen LogP contribution in [0, 0.1) is 0 Å². The topological polar surface area (TPSA) is 68.7 Å². The van der Waals surface area contributed by atoms with Crippen LogP contribution < -0.4 is 0 Å². The average molecular weight is 270 g/mol. The Morgan fingerprint density at radius 2 is 2.33 bits per heavy atom. The second-order valence-electron chi connectivity index (χ2n) is 3.56. The molecule has 1 amide bonds. The Balaban J connectivity index is 2.65. The summed E-state index contributed by atoms with van der Waals surface area (Å²) in [5.41, 5.74) is 1.62. The third-order valence-corrected chi connectivity index (χ3v) is 2.44. The van der Waals surface area contributed by atoms with Crippen LogP contribution in [0.3, 0.4) is 0 Å². The van der Waals surface area contributed by atoms with E-state index in [4.69, 9.17) is 9.68 Å². The maximum Gasteiger partial charge on any atom is 0.358 e. The molecular formula is C11H14N2O4S. The molecule has 1 aromatic rings. The van der Waals surface area contributed by atoms with E-state index in [1.54, 1.807) is 25.6 Å². The minimum atomic E-state index is -0.756. The first kappa shape index (κ1) is 14.3. The molecule has 1 heterocycles. The number of hydrogen-bond acceptors (Lipinski definition) is 6. The van der Waals surface area contributed by atoms with Crippen molar-refractivity contribution >= 4 is 23.2 Å². The summed E-state index contributed by atoms with van der Waals surface area (Å²) in [5.74, 6) is -1.24. The smallest absolute Gasteiger partial charge is 0.307 e. The zero-order valence-corrected chi connectivity index (χ0v) is 11.0. The quantitative estimate of drug-likeness (QED) is 0.599. The van der Waals surface area contributed by atoms with Crippen LogP contribution in [0.1, 0.15) is 18.7 Å². The van der Waals surface area contributed by atoms with Gasteiger partial charge in [-0.1, -0.05) is 6.58 Å². The molecule has 0 spiro atoms. The molecule has 1 aromatic heterocycles. The van der Waals surface area contributed by atoms with Crippen molar-refractivity contribution in [2.24, 2.45) is 0 Å². The maximum atomic E-state index is 11.9. The summed E-state index contributed by atoms with van der Waals surface area (Å²) in [6, 6.07) is 0. The van der Waals surface area contributed by atoms with Crippen LogP contribution in [0.15, 0.2) is 24.4 Å². The summed E-state index contributed by atoms with van der Waals surface area (Å²) in [7, 11) is 0. The molecule has 0 saturated heterocycles. The number of amides is 1. The minimum Gasteiger partial charge on any atom is -0.307 e. The SMILES string of the molecule is C=CC(=O)ON(OC(C)C)C(=O)Cc1cncs1. The summed E-state index contributed by atoms with van der Waals surface area (Å²) in [4.78, 5) is 37.4. The van der Waals surface area contributed by atoms with E-state index in [1.165, 1.54) is 11.3 Å². The van der Waals surface area contributed by atoms with Gasteiger partial charge in [-0.3, -0.25) is 9.78 Å². The van der Waals surface area contributed by atoms with Gasteiger partial charge in [-0.25, -0.2) is 9.63 Å². The molecular weight excluding hydrogens is 256 g/mol. The fraction of sp³-hybridized carbons (Fsp3) is 0.364. The summed E-state index contributed by atoms with van der Waals surface area (Å²) >= 11 is 1.34. The molecule has 0 aliphatic rings. The normalized spacial score (nSPS) is 10.2. The minimum absolute atomic E-state index is 0.0574. The molecule has 0 unspecified atom stereocenters. The lowest BCUT2D eigenvalue weighted by atomic mass is 10.4. The second kappa shape index (κ2) is 6.87. The van der Waals surface area contributed by atoms with Crippen molar-refractivity contribution in [3.63, 3.8) is 0 Å². The van der Waals surface area contributed by atoms with E-state index >= 15 is 0 Å². The number of nitrogens with zero attached hydrogens (tertiary/aromatic N) is 2. The van der Waals surface area contributed by atoms with E-state index < -0.39 is 11.9 Å². The Morgan fingerprint density at radius 1 is 1.61 bits per heavy atom. The van der Waals surface area contributed by atoms with Crippen LogP contribution in [0.5, 0.6) is 0 Å². The van der Waals surface area contributed by atoms with Crippen molar-refractivity contribution in [2.45, 2.75) is 26.4 Å². The molecule has 0 aliphatic carbocycles. The molecule has 0 atom stereocenters. The first-order valence-corrected chi connectivity index (χ1v) is 6.12. The largest absolute Gasteiger partial charge is 0.358 e. The molecule has 0 radical (unpaired) electrons. The molecule has 0 fully saturated rings. The number of aromatic nitrogens is 1. The molecule has 7 heteroatoms. The summed E-state index contributed by atoms with van der Waals surface area (Å²) in [6.45, 7) is 6.69. The van der Waals surface area contributed by atoms with Crippen molar-refractivity contribution in [1.82, 2.24) is 10.2 Å². The number of hydrogen-bond donors (Lipinski definition) is 0. The first-order valence-electron chi connectivity index (χ1n) is 5.24. The van der Waals surface area contributed by atoms with Crippen molar-refractivity contribution in [3.05, 3.63) is 29.2 Å². The van der Waals surface area contributed by atoms with Gasteiger partial charge in [-0.05, 0) is 19.1 Å². The highest BCUT2D eigenvalue weighted by Crippen LogP contribution is 2.10. The van der Waals surface area contributed by atoms with E-state index in [9.17, 15) is 9.59 Å². The van der Waals surface area contributed by atoms with Gasteiger partial charge in [0, 0.05) is 17.2 Å².